The van der Waals surface area contributed by atoms with Crippen molar-refractivity contribution in [1.29, 1.82) is 0 Å². The number of nitrogens with one attached hydrogen (secondary N) is 1. The fourth-order valence-electron chi connectivity index (χ4n) is 2.97. The van der Waals surface area contributed by atoms with E-state index in [-0.39, 0.29) is 11.5 Å². The standard InChI is InChI=1S/C11H21N3O3S/c12-10(15)11(3-1-8-18(16,17)9-11)14-6-2-4-13-5-7-14/h13H,1-9H2,(H2,12,15). The lowest BCUT2D eigenvalue weighted by molar-refractivity contribution is -0.129. The molecule has 0 saturated carbocycles. The van der Waals surface area contributed by atoms with Gasteiger partial charge in [0.25, 0.3) is 0 Å². The van der Waals surface area contributed by atoms with E-state index in [4.69, 9.17) is 5.73 Å². The number of primary amides is 1. The van der Waals surface area contributed by atoms with E-state index in [9.17, 15) is 13.2 Å². The van der Waals surface area contributed by atoms with Crippen LogP contribution in [0.15, 0.2) is 0 Å². The van der Waals surface area contributed by atoms with E-state index in [1.807, 2.05) is 4.90 Å². The van der Waals surface area contributed by atoms with Crippen LogP contribution in [0.5, 0.6) is 0 Å². The molecule has 1 unspecified atom stereocenters. The molecule has 3 N–H and O–H groups in total. The maximum Gasteiger partial charge on any atom is 0.239 e. The minimum absolute atomic E-state index is 0.116. The summed E-state index contributed by atoms with van der Waals surface area (Å²) in [6.07, 6.45) is 1.99. The van der Waals surface area contributed by atoms with Gasteiger partial charge in [-0.15, -0.1) is 0 Å². The van der Waals surface area contributed by atoms with Gasteiger partial charge in [0, 0.05) is 19.6 Å². The van der Waals surface area contributed by atoms with E-state index >= 15 is 0 Å². The van der Waals surface area contributed by atoms with Gasteiger partial charge in [0.1, 0.15) is 5.54 Å². The molecule has 2 rings (SSSR count). The second-order valence-corrected chi connectivity index (χ2v) is 7.37. The second kappa shape index (κ2) is 5.14. The van der Waals surface area contributed by atoms with Crippen molar-refractivity contribution >= 4 is 15.7 Å². The van der Waals surface area contributed by atoms with Gasteiger partial charge < -0.3 is 11.1 Å². The molecule has 2 fully saturated rings. The minimum atomic E-state index is -3.16. The lowest BCUT2D eigenvalue weighted by Crippen LogP contribution is -2.63. The van der Waals surface area contributed by atoms with Crippen molar-refractivity contribution in [3.05, 3.63) is 0 Å². The fourth-order valence-corrected chi connectivity index (χ4v) is 4.89. The molecule has 18 heavy (non-hydrogen) atoms. The van der Waals surface area contributed by atoms with E-state index in [0.717, 1.165) is 26.1 Å². The van der Waals surface area contributed by atoms with Crippen LogP contribution in [-0.4, -0.2) is 62.4 Å². The molecule has 6 nitrogen and oxygen atoms in total. The fraction of sp³-hybridized carbons (Fsp3) is 0.909. The van der Waals surface area contributed by atoms with Crippen molar-refractivity contribution < 1.29 is 13.2 Å². The minimum Gasteiger partial charge on any atom is -0.368 e. The highest BCUT2D eigenvalue weighted by molar-refractivity contribution is 7.91. The van der Waals surface area contributed by atoms with Crippen molar-refractivity contribution in [2.24, 2.45) is 5.73 Å². The van der Waals surface area contributed by atoms with Crippen LogP contribution in [0.25, 0.3) is 0 Å². The van der Waals surface area contributed by atoms with Gasteiger partial charge in [0.05, 0.1) is 11.5 Å². The summed E-state index contributed by atoms with van der Waals surface area (Å²) >= 11 is 0. The Bertz CT molecular complexity index is 415. The van der Waals surface area contributed by atoms with Crippen molar-refractivity contribution in [3.8, 4) is 0 Å². The summed E-state index contributed by atoms with van der Waals surface area (Å²) in [6, 6.07) is 0. The molecule has 0 aromatic heterocycles. The van der Waals surface area contributed by atoms with Crippen LogP contribution < -0.4 is 11.1 Å². The molecule has 2 saturated heterocycles. The number of rotatable bonds is 2. The number of nitrogens with two attached hydrogens (primary N) is 1. The van der Waals surface area contributed by atoms with Gasteiger partial charge in [0.2, 0.25) is 5.91 Å². The molecule has 1 amide bonds. The first kappa shape index (κ1) is 13.8. The smallest absolute Gasteiger partial charge is 0.239 e. The van der Waals surface area contributed by atoms with Crippen LogP contribution in [0.1, 0.15) is 19.3 Å². The predicted molar refractivity (Wildman–Crippen MR) is 68.9 cm³/mol. The monoisotopic (exact) mass is 275 g/mol. The number of hydrogen-bond donors (Lipinski definition) is 2. The predicted octanol–water partition coefficient (Wildman–Crippen LogP) is -1.29. The third kappa shape index (κ3) is 2.67. The highest BCUT2D eigenvalue weighted by Gasteiger charge is 2.48. The van der Waals surface area contributed by atoms with Crippen molar-refractivity contribution in [2.45, 2.75) is 24.8 Å². The van der Waals surface area contributed by atoms with Crippen LogP contribution in [-0.2, 0) is 14.6 Å². The van der Waals surface area contributed by atoms with Gasteiger partial charge in [-0.05, 0) is 25.8 Å². The van der Waals surface area contributed by atoms with Crippen LogP contribution in [0.2, 0.25) is 0 Å². The lowest BCUT2D eigenvalue weighted by Gasteiger charge is -2.43. The number of amides is 1. The molecule has 0 aromatic carbocycles. The summed E-state index contributed by atoms with van der Waals surface area (Å²) in [5, 5.41) is 3.25. The maximum atomic E-state index is 11.9. The number of sulfone groups is 1. The highest BCUT2D eigenvalue weighted by atomic mass is 32.2. The van der Waals surface area contributed by atoms with Crippen molar-refractivity contribution in [2.75, 3.05) is 37.7 Å². The van der Waals surface area contributed by atoms with Gasteiger partial charge in [-0.25, -0.2) is 8.42 Å². The number of nitrogens with zero attached hydrogens (tertiary/aromatic N) is 1. The third-order valence-corrected chi connectivity index (χ3v) is 5.74. The van der Waals surface area contributed by atoms with Crippen LogP contribution in [0.3, 0.4) is 0 Å². The van der Waals surface area contributed by atoms with E-state index < -0.39 is 21.3 Å². The van der Waals surface area contributed by atoms with Gasteiger partial charge in [0.15, 0.2) is 9.84 Å². The average Bonchev–Trinajstić information content (AvgIpc) is 2.55. The molecular weight excluding hydrogens is 254 g/mol. The average molecular weight is 275 g/mol. The molecule has 0 aromatic rings. The number of carbonyl (C=O) groups is 1. The summed E-state index contributed by atoms with van der Waals surface area (Å²) in [4.78, 5) is 13.8. The Morgan fingerprint density at radius 2 is 2.00 bits per heavy atom. The van der Waals surface area contributed by atoms with Gasteiger partial charge in [-0.1, -0.05) is 0 Å². The molecule has 2 aliphatic heterocycles. The van der Waals surface area contributed by atoms with Crippen LogP contribution in [0.4, 0.5) is 0 Å². The Balaban J connectivity index is 2.28. The molecule has 2 aliphatic rings. The molecule has 2 heterocycles. The Kier molecular flexibility index (Phi) is 3.93. The summed E-state index contributed by atoms with van der Waals surface area (Å²) in [6.45, 7) is 3.08. The third-order valence-electron chi connectivity index (χ3n) is 3.91. The topological polar surface area (TPSA) is 92.5 Å². The zero-order valence-electron chi connectivity index (χ0n) is 10.5. The highest BCUT2D eigenvalue weighted by Crippen LogP contribution is 2.29. The Hall–Kier alpha value is -0.660. The zero-order valence-corrected chi connectivity index (χ0v) is 11.3. The Morgan fingerprint density at radius 3 is 2.67 bits per heavy atom. The Labute approximate surface area is 108 Å². The summed E-state index contributed by atoms with van der Waals surface area (Å²) < 4.78 is 23.7. The van der Waals surface area contributed by atoms with Crippen LogP contribution in [0, 0.1) is 0 Å². The molecule has 1 atom stereocenters. The summed E-state index contributed by atoms with van der Waals surface area (Å²) in [5.41, 5.74) is 4.56. The van der Waals surface area contributed by atoms with E-state index in [2.05, 4.69) is 5.32 Å². The lowest BCUT2D eigenvalue weighted by atomic mass is 9.92. The first-order valence-corrected chi connectivity index (χ1v) is 8.25. The van der Waals surface area contributed by atoms with Crippen molar-refractivity contribution in [3.63, 3.8) is 0 Å². The summed E-state index contributed by atoms with van der Waals surface area (Å²) in [5.74, 6) is -0.434. The zero-order chi connectivity index (χ0) is 13.2. The van der Waals surface area contributed by atoms with E-state index in [1.165, 1.54) is 0 Å². The molecular formula is C11H21N3O3S. The molecule has 0 radical (unpaired) electrons. The largest absolute Gasteiger partial charge is 0.368 e. The normalized spacial score (nSPS) is 33.8. The van der Waals surface area contributed by atoms with Crippen molar-refractivity contribution in [1.82, 2.24) is 10.2 Å². The van der Waals surface area contributed by atoms with Crippen LogP contribution >= 0.6 is 0 Å². The SMILES string of the molecule is NC(=O)C1(N2CCCNCC2)CCCS(=O)(=O)C1. The molecule has 0 bridgehead atoms. The van der Waals surface area contributed by atoms with Gasteiger partial charge in [-0.2, -0.15) is 0 Å². The number of hydrogen-bond acceptors (Lipinski definition) is 5. The maximum absolute atomic E-state index is 11.9. The van der Waals surface area contributed by atoms with E-state index in [0.29, 0.717) is 19.4 Å². The molecule has 7 heteroatoms. The van der Waals surface area contributed by atoms with E-state index in [1.54, 1.807) is 0 Å². The molecule has 104 valence electrons. The van der Waals surface area contributed by atoms with Gasteiger partial charge in [-0.3, -0.25) is 9.69 Å². The summed E-state index contributed by atoms with van der Waals surface area (Å²) in [7, 11) is -3.16. The second-order valence-electron chi connectivity index (χ2n) is 5.18. The first-order chi connectivity index (χ1) is 8.46. The molecule has 0 aliphatic carbocycles. The first-order valence-electron chi connectivity index (χ1n) is 6.42. The number of carbonyl (C=O) groups excluding carboxylic acids is 1. The van der Waals surface area contributed by atoms with Gasteiger partial charge >= 0.3 is 0 Å². The quantitative estimate of drug-likeness (QED) is 0.654. The Morgan fingerprint density at radius 1 is 1.22 bits per heavy atom. The molecule has 0 spiro atoms.